The molecule has 1 aromatic carbocycles. The normalized spacial score (nSPS) is 14.3. The van der Waals surface area contributed by atoms with Gasteiger partial charge in [0.1, 0.15) is 5.69 Å². The van der Waals surface area contributed by atoms with Gasteiger partial charge in [-0.25, -0.2) is 13.2 Å². The van der Waals surface area contributed by atoms with E-state index in [1.807, 2.05) is 0 Å². The highest BCUT2D eigenvalue weighted by Gasteiger charge is 2.40. The Morgan fingerprint density at radius 2 is 1.79 bits per heavy atom. The predicted molar refractivity (Wildman–Crippen MR) is 104 cm³/mol. The summed E-state index contributed by atoms with van der Waals surface area (Å²) in [5.41, 5.74) is 1.78. The average Bonchev–Trinajstić information content (AvgIpc) is 3.48. The molecule has 1 fully saturated rings. The summed E-state index contributed by atoms with van der Waals surface area (Å²) < 4.78 is 33.9. The number of ketones is 1. The second-order valence-electron chi connectivity index (χ2n) is 7.00. The first-order valence-electron chi connectivity index (χ1n) is 9.04. The quantitative estimate of drug-likeness (QED) is 0.523. The second-order valence-corrected chi connectivity index (χ2v) is 8.89. The van der Waals surface area contributed by atoms with Crippen molar-refractivity contribution in [2.75, 3.05) is 13.7 Å². The van der Waals surface area contributed by atoms with E-state index in [9.17, 15) is 18.0 Å². The molecule has 0 bridgehead atoms. The Morgan fingerprint density at radius 1 is 1.18 bits per heavy atom. The molecule has 1 aromatic heterocycles. The van der Waals surface area contributed by atoms with E-state index >= 15 is 0 Å². The molecule has 0 N–H and O–H groups in total. The molecule has 0 radical (unpaired) electrons. The molecule has 0 spiro atoms. The number of benzene rings is 1. The summed E-state index contributed by atoms with van der Waals surface area (Å²) in [7, 11) is -0.807. The topological polar surface area (TPSA) is 85.7 Å². The smallest absolute Gasteiger partial charge is 0.354 e. The largest absolute Gasteiger partial charge is 0.464 e. The second kappa shape index (κ2) is 7.52. The fourth-order valence-electron chi connectivity index (χ4n) is 3.50. The number of hydrogen-bond donors (Lipinski definition) is 0. The van der Waals surface area contributed by atoms with E-state index in [1.54, 1.807) is 43.7 Å². The van der Waals surface area contributed by atoms with Crippen molar-refractivity contribution >= 4 is 21.8 Å². The summed E-state index contributed by atoms with van der Waals surface area (Å²) in [6.45, 7) is 3.16. The Balaban J connectivity index is 1.96. The van der Waals surface area contributed by atoms with E-state index < -0.39 is 16.0 Å². The van der Waals surface area contributed by atoms with E-state index in [1.165, 1.54) is 23.5 Å². The van der Waals surface area contributed by atoms with Crippen molar-refractivity contribution in [3.05, 3.63) is 52.8 Å². The third-order valence-electron chi connectivity index (χ3n) is 5.19. The van der Waals surface area contributed by atoms with Crippen LogP contribution in [0.1, 0.15) is 44.9 Å². The molecule has 7 nitrogen and oxygen atoms in total. The number of ether oxygens (including phenoxy) is 1. The number of carbonyl (C=O) groups excluding carboxylic acids is 2. The lowest BCUT2D eigenvalue weighted by Gasteiger charge is -2.21. The first-order valence-corrected chi connectivity index (χ1v) is 10.5. The van der Waals surface area contributed by atoms with Crippen LogP contribution in [0.3, 0.4) is 0 Å². The number of Topliss-reactive ketones (excluding diaryl/α,β-unsaturated/α-hetero) is 1. The number of methoxy groups -OCH3 is 1. The van der Waals surface area contributed by atoms with E-state index in [0.29, 0.717) is 22.5 Å². The van der Waals surface area contributed by atoms with Gasteiger partial charge in [-0.05, 0) is 44.4 Å². The van der Waals surface area contributed by atoms with Crippen LogP contribution in [0.5, 0.6) is 0 Å². The Labute approximate surface area is 165 Å². The number of nitrogens with zero attached hydrogens (tertiary/aromatic N) is 2. The van der Waals surface area contributed by atoms with Gasteiger partial charge < -0.3 is 9.30 Å². The van der Waals surface area contributed by atoms with Crippen molar-refractivity contribution < 1.29 is 22.7 Å². The summed E-state index contributed by atoms with van der Waals surface area (Å²) in [6.07, 6.45) is 1.47. The minimum atomic E-state index is -3.78. The van der Waals surface area contributed by atoms with Gasteiger partial charge in [0, 0.05) is 24.3 Å². The van der Waals surface area contributed by atoms with Crippen LogP contribution in [0.15, 0.2) is 35.2 Å². The fourth-order valence-corrected chi connectivity index (χ4v) is 5.16. The summed E-state index contributed by atoms with van der Waals surface area (Å²) in [5, 5.41) is 0. The zero-order valence-electron chi connectivity index (χ0n) is 16.4. The van der Waals surface area contributed by atoms with Crippen LogP contribution in [0.4, 0.5) is 0 Å². The molecule has 28 heavy (non-hydrogen) atoms. The van der Waals surface area contributed by atoms with Gasteiger partial charge in [0.2, 0.25) is 10.0 Å². The Hall–Kier alpha value is -2.45. The zero-order valence-corrected chi connectivity index (χ0v) is 17.2. The lowest BCUT2D eigenvalue weighted by Crippen LogP contribution is -2.37. The maximum Gasteiger partial charge on any atom is 0.354 e. The molecule has 3 rings (SSSR count). The van der Waals surface area contributed by atoms with Gasteiger partial charge in [-0.3, -0.25) is 4.79 Å². The van der Waals surface area contributed by atoms with E-state index in [2.05, 4.69) is 0 Å². The molecule has 150 valence electrons. The number of carbonyl (C=O) groups is 2. The Bertz CT molecular complexity index is 1020. The molecule has 0 unspecified atom stereocenters. The molecule has 0 saturated heterocycles. The molecule has 2 aromatic rings. The minimum absolute atomic E-state index is 0.168. The highest BCUT2D eigenvalue weighted by molar-refractivity contribution is 7.89. The van der Waals surface area contributed by atoms with Gasteiger partial charge in [-0.15, -0.1) is 0 Å². The lowest BCUT2D eigenvalue weighted by atomic mass is 10.1. The summed E-state index contributed by atoms with van der Waals surface area (Å²) in [4.78, 5) is 25.4. The van der Waals surface area contributed by atoms with Crippen molar-refractivity contribution in [2.45, 2.75) is 37.6 Å². The van der Waals surface area contributed by atoms with Crippen molar-refractivity contribution in [3.63, 3.8) is 0 Å². The van der Waals surface area contributed by atoms with Crippen LogP contribution in [0.2, 0.25) is 0 Å². The van der Waals surface area contributed by atoms with E-state index in [0.717, 1.165) is 12.8 Å². The Morgan fingerprint density at radius 3 is 2.32 bits per heavy atom. The van der Waals surface area contributed by atoms with E-state index in [-0.39, 0.29) is 23.3 Å². The third kappa shape index (κ3) is 3.49. The lowest BCUT2D eigenvalue weighted by molar-refractivity contribution is 0.0588. The molecule has 8 heteroatoms. The van der Waals surface area contributed by atoms with Gasteiger partial charge in [-0.2, -0.15) is 4.31 Å². The summed E-state index contributed by atoms with van der Waals surface area (Å²) in [6, 6.07) is 7.96. The third-order valence-corrected chi connectivity index (χ3v) is 7.10. The summed E-state index contributed by atoms with van der Waals surface area (Å²) in [5.74, 6) is -0.856. The number of hydrogen-bond acceptors (Lipinski definition) is 5. The van der Waals surface area contributed by atoms with Gasteiger partial charge >= 0.3 is 5.97 Å². The summed E-state index contributed by atoms with van der Waals surface area (Å²) >= 11 is 0. The van der Waals surface area contributed by atoms with Crippen LogP contribution in [0, 0.1) is 13.8 Å². The van der Waals surface area contributed by atoms with E-state index in [4.69, 9.17) is 4.74 Å². The van der Waals surface area contributed by atoms with Crippen LogP contribution in [0.25, 0.3) is 0 Å². The molecule has 1 saturated carbocycles. The van der Waals surface area contributed by atoms with Crippen molar-refractivity contribution in [2.24, 2.45) is 7.05 Å². The minimum Gasteiger partial charge on any atom is -0.464 e. The fraction of sp³-hybridized carbons (Fsp3) is 0.400. The highest BCUT2D eigenvalue weighted by Crippen LogP contribution is 2.33. The maximum absolute atomic E-state index is 13.1. The molecule has 1 aliphatic carbocycles. The maximum atomic E-state index is 13.1. The van der Waals surface area contributed by atoms with Crippen molar-refractivity contribution in [1.82, 2.24) is 8.87 Å². The zero-order chi connectivity index (χ0) is 20.6. The van der Waals surface area contributed by atoms with Crippen LogP contribution in [-0.4, -0.2) is 48.7 Å². The van der Waals surface area contributed by atoms with Crippen molar-refractivity contribution in [3.8, 4) is 0 Å². The predicted octanol–water partition coefficient (Wildman–Crippen LogP) is 2.46. The average molecular weight is 404 g/mol. The number of rotatable bonds is 7. The highest BCUT2D eigenvalue weighted by atomic mass is 32.2. The first-order chi connectivity index (χ1) is 13.2. The molecular formula is C20H24N2O5S. The Kier molecular flexibility index (Phi) is 5.45. The van der Waals surface area contributed by atoms with Crippen molar-refractivity contribution in [1.29, 1.82) is 0 Å². The number of aromatic nitrogens is 1. The molecule has 0 amide bonds. The molecule has 1 heterocycles. The first kappa shape index (κ1) is 20.3. The molecular weight excluding hydrogens is 380 g/mol. The monoisotopic (exact) mass is 404 g/mol. The van der Waals surface area contributed by atoms with Gasteiger partial charge in [-0.1, -0.05) is 18.2 Å². The van der Waals surface area contributed by atoms with Crippen LogP contribution < -0.4 is 0 Å². The number of sulfonamides is 1. The SMILES string of the molecule is COC(=O)c1c(C)c(C(=O)CN(C2CC2)S(=O)(=O)c2ccccc2)c(C)n1C. The number of esters is 1. The van der Waals surface area contributed by atoms with Gasteiger partial charge in [0.25, 0.3) is 0 Å². The van der Waals surface area contributed by atoms with Crippen LogP contribution >= 0.6 is 0 Å². The van der Waals surface area contributed by atoms with Gasteiger partial charge in [0.15, 0.2) is 5.78 Å². The molecule has 0 aliphatic heterocycles. The molecule has 0 atom stereocenters. The molecule has 1 aliphatic rings. The van der Waals surface area contributed by atoms with Crippen LogP contribution in [-0.2, 0) is 21.8 Å². The van der Waals surface area contributed by atoms with Gasteiger partial charge in [0.05, 0.1) is 18.6 Å². The standard InChI is InChI=1S/C20H24N2O5S/c1-13-18(14(2)21(3)19(13)20(24)27-4)17(23)12-22(15-10-11-15)28(25,26)16-8-6-5-7-9-16/h5-9,15H,10-12H2,1-4H3.